The highest BCUT2D eigenvalue weighted by Crippen LogP contribution is 2.19. The van der Waals surface area contributed by atoms with Crippen LogP contribution in [0.2, 0.25) is 0 Å². The molecular weight excluding hydrogens is 324 g/mol. The first-order chi connectivity index (χ1) is 9.52. The average Bonchev–Trinajstić information content (AvgIpc) is 2.79. The number of amides is 2. The summed E-state index contributed by atoms with van der Waals surface area (Å²) in [6.45, 7) is 0. The van der Waals surface area contributed by atoms with Crippen LogP contribution in [0.25, 0.3) is 0 Å². The molecule has 1 aromatic carbocycles. The number of nitrogens with one attached hydrogen (secondary N) is 2. The highest BCUT2D eigenvalue weighted by molar-refractivity contribution is 9.10. The van der Waals surface area contributed by atoms with Crippen LogP contribution >= 0.6 is 15.9 Å². The van der Waals surface area contributed by atoms with Crippen molar-refractivity contribution in [1.82, 2.24) is 15.1 Å². The first kappa shape index (κ1) is 14.3. The molecule has 2 aromatic rings. The van der Waals surface area contributed by atoms with E-state index in [1.165, 1.54) is 11.7 Å². The molecule has 0 bridgehead atoms. The number of anilines is 1. The molecule has 0 unspecified atom stereocenters. The van der Waals surface area contributed by atoms with E-state index in [4.69, 9.17) is 0 Å². The molecule has 0 fully saturated rings. The average molecular weight is 337 g/mol. The van der Waals surface area contributed by atoms with Gasteiger partial charge in [-0.1, -0.05) is 12.1 Å². The Morgan fingerprint density at radius 3 is 2.60 bits per heavy atom. The molecule has 0 aliphatic rings. The van der Waals surface area contributed by atoms with Gasteiger partial charge in [-0.15, -0.1) is 0 Å². The van der Waals surface area contributed by atoms with Gasteiger partial charge in [-0.25, -0.2) is 0 Å². The van der Waals surface area contributed by atoms with Gasteiger partial charge >= 0.3 is 0 Å². The van der Waals surface area contributed by atoms with Crippen LogP contribution in [0.5, 0.6) is 0 Å². The monoisotopic (exact) mass is 336 g/mol. The van der Waals surface area contributed by atoms with Crippen molar-refractivity contribution in [2.45, 2.75) is 0 Å². The Balaban J connectivity index is 2.29. The number of rotatable bonds is 3. The fourth-order valence-electron chi connectivity index (χ4n) is 1.70. The van der Waals surface area contributed by atoms with Crippen molar-refractivity contribution in [2.75, 3.05) is 12.4 Å². The summed E-state index contributed by atoms with van der Waals surface area (Å²) in [6, 6.07) is 7.05. The molecule has 0 aliphatic heterocycles. The summed E-state index contributed by atoms with van der Waals surface area (Å²) >= 11 is 3.32. The highest BCUT2D eigenvalue weighted by atomic mass is 79.9. The van der Waals surface area contributed by atoms with Crippen molar-refractivity contribution < 1.29 is 9.59 Å². The lowest BCUT2D eigenvalue weighted by Gasteiger charge is -2.06. The van der Waals surface area contributed by atoms with Gasteiger partial charge in [0.25, 0.3) is 11.8 Å². The van der Waals surface area contributed by atoms with E-state index in [0.29, 0.717) is 15.7 Å². The molecule has 0 spiro atoms. The molecule has 1 heterocycles. The normalized spacial score (nSPS) is 10.2. The predicted molar refractivity (Wildman–Crippen MR) is 78.7 cm³/mol. The summed E-state index contributed by atoms with van der Waals surface area (Å²) in [5, 5.41) is 9.20. The van der Waals surface area contributed by atoms with E-state index >= 15 is 0 Å². The third-order valence-corrected chi connectivity index (χ3v) is 3.33. The molecule has 2 amide bonds. The molecule has 0 saturated carbocycles. The largest absolute Gasteiger partial charge is 0.354 e. The zero-order valence-corrected chi connectivity index (χ0v) is 12.6. The number of aryl methyl sites for hydroxylation is 1. The van der Waals surface area contributed by atoms with Gasteiger partial charge in [-0.3, -0.25) is 14.3 Å². The maximum absolute atomic E-state index is 12.2. The first-order valence-corrected chi connectivity index (χ1v) is 6.64. The van der Waals surface area contributed by atoms with Crippen molar-refractivity contribution in [1.29, 1.82) is 0 Å². The topological polar surface area (TPSA) is 76.0 Å². The number of carbonyl (C=O) groups is 2. The number of carbonyl (C=O) groups excluding carboxylic acids is 2. The van der Waals surface area contributed by atoms with Crippen LogP contribution in [0.4, 0.5) is 5.69 Å². The molecule has 0 saturated heterocycles. The van der Waals surface area contributed by atoms with Gasteiger partial charge in [-0.05, 0) is 28.1 Å². The third-order valence-electron chi connectivity index (χ3n) is 2.64. The Morgan fingerprint density at radius 2 is 1.95 bits per heavy atom. The van der Waals surface area contributed by atoms with E-state index in [9.17, 15) is 9.59 Å². The van der Waals surface area contributed by atoms with Crippen LogP contribution in [-0.2, 0) is 7.05 Å². The molecule has 104 valence electrons. The van der Waals surface area contributed by atoms with E-state index in [1.807, 2.05) is 6.07 Å². The van der Waals surface area contributed by atoms with E-state index in [-0.39, 0.29) is 17.5 Å². The van der Waals surface area contributed by atoms with Crippen LogP contribution in [0.15, 0.2) is 34.9 Å². The van der Waals surface area contributed by atoms with Gasteiger partial charge in [0.2, 0.25) is 0 Å². The minimum absolute atomic E-state index is 0.176. The Labute approximate surface area is 124 Å². The van der Waals surface area contributed by atoms with Crippen LogP contribution < -0.4 is 10.6 Å². The molecular formula is C13H13BrN4O2. The highest BCUT2D eigenvalue weighted by Gasteiger charge is 2.18. The van der Waals surface area contributed by atoms with Gasteiger partial charge in [-0.2, -0.15) is 5.10 Å². The molecule has 2 rings (SSSR count). The molecule has 7 heteroatoms. The van der Waals surface area contributed by atoms with Crippen molar-refractivity contribution >= 4 is 33.4 Å². The van der Waals surface area contributed by atoms with Crippen molar-refractivity contribution in [3.63, 3.8) is 0 Å². The van der Waals surface area contributed by atoms with Gasteiger partial charge in [0.1, 0.15) is 0 Å². The first-order valence-electron chi connectivity index (χ1n) is 5.84. The Bertz CT molecular complexity index is 666. The number of nitrogens with zero attached hydrogens (tertiary/aromatic N) is 2. The Kier molecular flexibility index (Phi) is 4.19. The van der Waals surface area contributed by atoms with Crippen molar-refractivity contribution in [3.05, 3.63) is 46.2 Å². The maximum Gasteiger partial charge on any atom is 0.273 e. The van der Waals surface area contributed by atoms with Crippen LogP contribution in [0.1, 0.15) is 20.8 Å². The summed E-state index contributed by atoms with van der Waals surface area (Å²) in [7, 11) is 3.19. The molecule has 0 aliphatic carbocycles. The Morgan fingerprint density at radius 1 is 1.25 bits per heavy atom. The molecule has 0 radical (unpaired) electrons. The van der Waals surface area contributed by atoms with Crippen molar-refractivity contribution in [3.8, 4) is 0 Å². The third kappa shape index (κ3) is 2.88. The van der Waals surface area contributed by atoms with Crippen molar-refractivity contribution in [2.24, 2.45) is 7.05 Å². The lowest BCUT2D eigenvalue weighted by Crippen LogP contribution is -2.21. The minimum atomic E-state index is -0.354. The SMILES string of the molecule is CNC(=O)c1nn(C)cc1NC(=O)c1ccccc1Br. The summed E-state index contributed by atoms with van der Waals surface area (Å²) in [5.41, 5.74) is 1.03. The summed E-state index contributed by atoms with van der Waals surface area (Å²) in [5.74, 6) is -0.663. The van der Waals surface area contributed by atoms with Gasteiger partial charge < -0.3 is 10.6 Å². The second kappa shape index (κ2) is 5.87. The van der Waals surface area contributed by atoms with E-state index in [2.05, 4.69) is 31.7 Å². The van der Waals surface area contributed by atoms with Gasteiger partial charge in [0, 0.05) is 24.8 Å². The summed E-state index contributed by atoms with van der Waals surface area (Å²) in [6.07, 6.45) is 1.58. The number of halogens is 1. The maximum atomic E-state index is 12.2. The molecule has 6 nitrogen and oxygen atoms in total. The zero-order chi connectivity index (χ0) is 14.7. The summed E-state index contributed by atoms with van der Waals surface area (Å²) < 4.78 is 2.16. The smallest absolute Gasteiger partial charge is 0.273 e. The zero-order valence-electron chi connectivity index (χ0n) is 11.0. The molecule has 2 N–H and O–H groups in total. The van der Waals surface area contributed by atoms with Gasteiger partial charge in [0.05, 0.1) is 11.3 Å². The van der Waals surface area contributed by atoms with E-state index < -0.39 is 0 Å². The Hall–Kier alpha value is -2.15. The number of benzene rings is 1. The number of aromatic nitrogens is 2. The fourth-order valence-corrected chi connectivity index (χ4v) is 2.17. The van der Waals surface area contributed by atoms with Gasteiger partial charge in [0.15, 0.2) is 5.69 Å². The second-order valence-corrected chi connectivity index (χ2v) is 4.93. The predicted octanol–water partition coefficient (Wildman–Crippen LogP) is 1.79. The van der Waals surface area contributed by atoms with Crippen LogP contribution in [0.3, 0.4) is 0 Å². The molecule has 20 heavy (non-hydrogen) atoms. The standard InChI is InChI=1S/C13H13BrN4O2/c1-15-13(20)11-10(7-18(2)17-11)16-12(19)8-5-3-4-6-9(8)14/h3-7H,1-2H3,(H,15,20)(H,16,19). The minimum Gasteiger partial charge on any atom is -0.354 e. The quantitative estimate of drug-likeness (QED) is 0.897. The van der Waals surface area contributed by atoms with Crippen LogP contribution in [0, 0.1) is 0 Å². The number of hydrogen-bond acceptors (Lipinski definition) is 3. The second-order valence-electron chi connectivity index (χ2n) is 4.08. The van der Waals surface area contributed by atoms with Crippen LogP contribution in [-0.4, -0.2) is 28.6 Å². The number of hydrogen-bond donors (Lipinski definition) is 2. The summed E-state index contributed by atoms with van der Waals surface area (Å²) in [4.78, 5) is 23.9. The molecule has 1 aromatic heterocycles. The lowest BCUT2D eigenvalue weighted by atomic mass is 10.2. The molecule has 0 atom stereocenters. The fraction of sp³-hybridized carbons (Fsp3) is 0.154. The van der Waals surface area contributed by atoms with E-state index in [1.54, 1.807) is 31.4 Å². The lowest BCUT2D eigenvalue weighted by molar-refractivity contribution is 0.0958. The van der Waals surface area contributed by atoms with E-state index in [0.717, 1.165) is 0 Å².